The third kappa shape index (κ3) is 4.97. The minimum atomic E-state index is -0.0609. The summed E-state index contributed by atoms with van der Waals surface area (Å²) in [5.74, 6) is 1.21. The number of piperazine rings is 1. The molecule has 2 fully saturated rings. The SMILES string of the molecule is CCCCCCC1C(=O)NC(N2CCN(c3ccccc3OC)CC2)NC1C. The van der Waals surface area contributed by atoms with E-state index in [1.54, 1.807) is 7.11 Å². The van der Waals surface area contributed by atoms with Gasteiger partial charge in [-0.05, 0) is 25.5 Å². The van der Waals surface area contributed by atoms with Crippen LogP contribution in [0.3, 0.4) is 0 Å². The van der Waals surface area contributed by atoms with Gasteiger partial charge in [0.2, 0.25) is 5.91 Å². The Labute approximate surface area is 169 Å². The molecule has 156 valence electrons. The van der Waals surface area contributed by atoms with Gasteiger partial charge in [-0.1, -0.05) is 44.7 Å². The predicted molar refractivity (Wildman–Crippen MR) is 114 cm³/mol. The lowest BCUT2D eigenvalue weighted by atomic mass is 9.91. The number of ether oxygens (including phenoxy) is 1. The fourth-order valence-corrected chi connectivity index (χ4v) is 4.36. The van der Waals surface area contributed by atoms with Crippen molar-refractivity contribution in [3.05, 3.63) is 24.3 Å². The van der Waals surface area contributed by atoms with Crippen LogP contribution >= 0.6 is 0 Å². The lowest BCUT2D eigenvalue weighted by Crippen LogP contribution is -2.68. The third-order valence-electron chi connectivity index (χ3n) is 6.11. The van der Waals surface area contributed by atoms with Crippen LogP contribution in [0, 0.1) is 5.92 Å². The summed E-state index contributed by atoms with van der Waals surface area (Å²) in [6.45, 7) is 8.03. The maximum absolute atomic E-state index is 12.7. The van der Waals surface area contributed by atoms with Crippen molar-refractivity contribution in [1.29, 1.82) is 0 Å². The first-order chi connectivity index (χ1) is 13.6. The molecule has 0 spiro atoms. The smallest absolute Gasteiger partial charge is 0.226 e. The highest BCUT2D eigenvalue weighted by Gasteiger charge is 2.36. The minimum absolute atomic E-state index is 0.0609. The van der Waals surface area contributed by atoms with Gasteiger partial charge in [0.15, 0.2) is 0 Å². The molecule has 28 heavy (non-hydrogen) atoms. The zero-order valence-electron chi connectivity index (χ0n) is 17.6. The van der Waals surface area contributed by atoms with Gasteiger partial charge in [-0.25, -0.2) is 0 Å². The summed E-state index contributed by atoms with van der Waals surface area (Å²) in [5, 5.41) is 6.85. The number of carbonyl (C=O) groups excluding carboxylic acids is 1. The number of anilines is 1. The molecule has 2 aliphatic rings. The average molecular weight is 389 g/mol. The number of rotatable bonds is 8. The quantitative estimate of drug-likeness (QED) is 0.671. The van der Waals surface area contributed by atoms with E-state index in [-0.39, 0.29) is 24.2 Å². The Bertz CT molecular complexity index is 631. The van der Waals surface area contributed by atoms with E-state index in [1.165, 1.54) is 19.3 Å². The van der Waals surface area contributed by atoms with Crippen LogP contribution in [-0.4, -0.2) is 56.4 Å². The average Bonchev–Trinajstić information content (AvgIpc) is 2.72. The Morgan fingerprint density at radius 1 is 1.11 bits per heavy atom. The van der Waals surface area contributed by atoms with E-state index in [2.05, 4.69) is 46.4 Å². The standard InChI is InChI=1S/C22H36N4O2/c1-4-5-6-7-10-18-17(2)23-22(24-21(18)27)26-15-13-25(14-16-26)19-11-8-9-12-20(19)28-3/h8-9,11-12,17-18,22-23H,4-7,10,13-16H2,1-3H3,(H,24,27). The molecule has 6 heteroatoms. The van der Waals surface area contributed by atoms with Gasteiger partial charge < -0.3 is 15.0 Å². The Balaban J connectivity index is 1.50. The van der Waals surface area contributed by atoms with E-state index in [9.17, 15) is 4.79 Å². The van der Waals surface area contributed by atoms with Crippen molar-refractivity contribution in [3.63, 3.8) is 0 Å². The van der Waals surface area contributed by atoms with Crippen molar-refractivity contribution >= 4 is 11.6 Å². The Kier molecular flexibility index (Phi) is 7.57. The summed E-state index contributed by atoms with van der Waals surface area (Å²) < 4.78 is 5.50. The predicted octanol–water partition coefficient (Wildman–Crippen LogP) is 2.80. The summed E-state index contributed by atoms with van der Waals surface area (Å²) >= 11 is 0. The number of nitrogens with zero attached hydrogens (tertiary/aromatic N) is 2. The summed E-state index contributed by atoms with van der Waals surface area (Å²) in [6, 6.07) is 8.38. The van der Waals surface area contributed by atoms with Crippen LogP contribution in [-0.2, 0) is 4.79 Å². The second-order valence-electron chi connectivity index (χ2n) is 8.02. The summed E-state index contributed by atoms with van der Waals surface area (Å²) in [7, 11) is 1.72. The topological polar surface area (TPSA) is 56.8 Å². The van der Waals surface area contributed by atoms with Crippen LogP contribution in [0.25, 0.3) is 0 Å². The van der Waals surface area contributed by atoms with Crippen molar-refractivity contribution in [2.75, 3.05) is 38.2 Å². The van der Waals surface area contributed by atoms with E-state index in [0.29, 0.717) is 0 Å². The van der Waals surface area contributed by atoms with E-state index < -0.39 is 0 Å². The number of hydrogen-bond acceptors (Lipinski definition) is 5. The number of carbonyl (C=O) groups is 1. The van der Waals surface area contributed by atoms with Crippen molar-refractivity contribution in [1.82, 2.24) is 15.5 Å². The van der Waals surface area contributed by atoms with E-state index in [0.717, 1.165) is 50.5 Å². The molecule has 2 heterocycles. The fraction of sp³-hybridized carbons (Fsp3) is 0.682. The lowest BCUT2D eigenvalue weighted by Gasteiger charge is -2.45. The first kappa shape index (κ1) is 20.9. The van der Waals surface area contributed by atoms with Gasteiger partial charge in [0, 0.05) is 32.2 Å². The molecule has 3 rings (SSSR count). The number of methoxy groups -OCH3 is 1. The monoisotopic (exact) mass is 388 g/mol. The maximum Gasteiger partial charge on any atom is 0.226 e. The summed E-state index contributed by atoms with van der Waals surface area (Å²) in [5.41, 5.74) is 1.14. The van der Waals surface area contributed by atoms with E-state index >= 15 is 0 Å². The number of unbranched alkanes of at least 4 members (excludes halogenated alkanes) is 3. The van der Waals surface area contributed by atoms with Crippen LogP contribution in [0.15, 0.2) is 24.3 Å². The van der Waals surface area contributed by atoms with Crippen LogP contribution in [0.1, 0.15) is 46.0 Å². The Morgan fingerprint density at radius 2 is 1.86 bits per heavy atom. The molecule has 1 aromatic carbocycles. The number of nitrogens with one attached hydrogen (secondary N) is 2. The molecule has 1 amide bonds. The Morgan fingerprint density at radius 3 is 2.54 bits per heavy atom. The molecular formula is C22H36N4O2. The van der Waals surface area contributed by atoms with Crippen LogP contribution in [0.4, 0.5) is 5.69 Å². The largest absolute Gasteiger partial charge is 0.495 e. The number of hydrogen-bond donors (Lipinski definition) is 2. The zero-order valence-corrected chi connectivity index (χ0v) is 17.6. The lowest BCUT2D eigenvalue weighted by molar-refractivity contribution is -0.132. The van der Waals surface area contributed by atoms with E-state index in [1.807, 2.05) is 12.1 Å². The van der Waals surface area contributed by atoms with Crippen molar-refractivity contribution in [2.45, 2.75) is 58.3 Å². The van der Waals surface area contributed by atoms with Gasteiger partial charge in [-0.2, -0.15) is 0 Å². The highest BCUT2D eigenvalue weighted by Crippen LogP contribution is 2.28. The highest BCUT2D eigenvalue weighted by atomic mass is 16.5. The van der Waals surface area contributed by atoms with Gasteiger partial charge in [0.05, 0.1) is 18.7 Å². The summed E-state index contributed by atoms with van der Waals surface area (Å²) in [4.78, 5) is 17.4. The molecule has 3 atom stereocenters. The van der Waals surface area contributed by atoms with Gasteiger partial charge >= 0.3 is 0 Å². The molecule has 1 aromatic rings. The summed E-state index contributed by atoms with van der Waals surface area (Å²) in [6.07, 6.45) is 5.77. The fourth-order valence-electron chi connectivity index (χ4n) is 4.36. The molecule has 2 saturated heterocycles. The minimum Gasteiger partial charge on any atom is -0.495 e. The van der Waals surface area contributed by atoms with Crippen LogP contribution in [0.2, 0.25) is 0 Å². The van der Waals surface area contributed by atoms with Crippen molar-refractivity contribution < 1.29 is 9.53 Å². The third-order valence-corrected chi connectivity index (χ3v) is 6.11. The normalized spacial score (nSPS) is 26.2. The second-order valence-corrected chi connectivity index (χ2v) is 8.02. The first-order valence-corrected chi connectivity index (χ1v) is 10.8. The molecular weight excluding hydrogens is 352 g/mol. The molecule has 0 aromatic heterocycles. The van der Waals surface area contributed by atoms with E-state index in [4.69, 9.17) is 4.74 Å². The number of para-hydroxylation sites is 2. The molecule has 0 radical (unpaired) electrons. The van der Waals surface area contributed by atoms with Gasteiger partial charge in [0.1, 0.15) is 12.0 Å². The molecule has 6 nitrogen and oxygen atoms in total. The highest BCUT2D eigenvalue weighted by molar-refractivity contribution is 5.80. The van der Waals surface area contributed by atoms with Crippen LogP contribution in [0.5, 0.6) is 5.75 Å². The van der Waals surface area contributed by atoms with Crippen molar-refractivity contribution in [3.8, 4) is 5.75 Å². The van der Waals surface area contributed by atoms with Crippen molar-refractivity contribution in [2.24, 2.45) is 5.92 Å². The molecule has 0 bridgehead atoms. The zero-order chi connectivity index (χ0) is 19.9. The number of benzene rings is 1. The van der Waals surface area contributed by atoms with Gasteiger partial charge in [0.25, 0.3) is 0 Å². The van der Waals surface area contributed by atoms with Gasteiger partial charge in [-0.15, -0.1) is 0 Å². The van der Waals surface area contributed by atoms with Crippen LogP contribution < -0.4 is 20.3 Å². The maximum atomic E-state index is 12.7. The number of amides is 1. The first-order valence-electron chi connectivity index (χ1n) is 10.8. The molecule has 2 aliphatic heterocycles. The van der Waals surface area contributed by atoms with Gasteiger partial charge in [-0.3, -0.25) is 15.0 Å². The second kappa shape index (κ2) is 10.1. The molecule has 0 saturated carbocycles. The molecule has 3 unspecified atom stereocenters. The molecule has 2 N–H and O–H groups in total. The molecule has 0 aliphatic carbocycles. The Hall–Kier alpha value is -1.79.